The number of allylic oxidation sites excluding steroid dienone is 2. The van der Waals surface area contributed by atoms with Crippen LogP contribution in [-0.4, -0.2) is 23.1 Å². The summed E-state index contributed by atoms with van der Waals surface area (Å²) in [5, 5.41) is 8.64. The molecule has 0 heterocycles. The van der Waals surface area contributed by atoms with Gasteiger partial charge in [-0.1, -0.05) is 129 Å². The van der Waals surface area contributed by atoms with Crippen molar-refractivity contribution in [3.63, 3.8) is 0 Å². The van der Waals surface area contributed by atoms with Gasteiger partial charge in [0.15, 0.2) is 0 Å². The largest absolute Gasteiger partial charge is 0.481 e. The summed E-state index contributed by atoms with van der Waals surface area (Å²) in [5.41, 5.74) is 0. The van der Waals surface area contributed by atoms with Gasteiger partial charge in [-0.3, -0.25) is 9.59 Å². The summed E-state index contributed by atoms with van der Waals surface area (Å²) in [5.74, 6) is -0.670. The maximum Gasteiger partial charge on any atom is 0.306 e. The Bertz CT molecular complexity index is 543. The highest BCUT2D eigenvalue weighted by molar-refractivity contribution is 5.69. The van der Waals surface area contributed by atoms with Crippen molar-refractivity contribution in [1.82, 2.24) is 0 Å². The van der Waals surface area contributed by atoms with Crippen molar-refractivity contribution >= 4 is 11.9 Å². The number of rotatable bonds is 30. The van der Waals surface area contributed by atoms with Crippen molar-refractivity contribution < 1.29 is 19.4 Å². The van der Waals surface area contributed by atoms with Crippen LogP contribution in [0, 0.1) is 0 Å². The Labute approximate surface area is 236 Å². The van der Waals surface area contributed by atoms with Crippen LogP contribution in [0.3, 0.4) is 0 Å². The molecule has 0 aliphatic heterocycles. The van der Waals surface area contributed by atoms with Gasteiger partial charge >= 0.3 is 11.9 Å². The van der Waals surface area contributed by atoms with E-state index in [0.29, 0.717) is 12.8 Å². The van der Waals surface area contributed by atoms with Gasteiger partial charge in [-0.15, -0.1) is 0 Å². The molecule has 0 aliphatic carbocycles. The van der Waals surface area contributed by atoms with Crippen molar-refractivity contribution in [2.24, 2.45) is 0 Å². The molecule has 0 fully saturated rings. The normalized spacial score (nSPS) is 12.3. The molecule has 0 saturated heterocycles. The molecule has 1 atom stereocenters. The van der Waals surface area contributed by atoms with Gasteiger partial charge in [0, 0.05) is 12.8 Å². The van der Waals surface area contributed by atoms with E-state index in [2.05, 4.69) is 26.0 Å². The molecule has 0 rings (SSSR count). The number of ether oxygens (including phenoxy) is 1. The molecule has 1 unspecified atom stereocenters. The smallest absolute Gasteiger partial charge is 0.306 e. The second kappa shape index (κ2) is 30.2. The molecule has 0 aliphatic rings. The van der Waals surface area contributed by atoms with Gasteiger partial charge in [0.25, 0.3) is 0 Å². The van der Waals surface area contributed by atoms with Crippen LogP contribution in [0.25, 0.3) is 0 Å². The zero-order chi connectivity index (χ0) is 27.9. The molecule has 0 aromatic rings. The average Bonchev–Trinajstić information content (AvgIpc) is 2.90. The summed E-state index contributed by atoms with van der Waals surface area (Å²) < 4.78 is 5.75. The Morgan fingerprint density at radius 3 is 1.47 bits per heavy atom. The number of carboxylic acid groups (broad SMARTS) is 1. The summed E-state index contributed by atoms with van der Waals surface area (Å²) in [6.07, 6.45) is 35.9. The predicted molar refractivity (Wildman–Crippen MR) is 163 cm³/mol. The van der Waals surface area contributed by atoms with E-state index in [1.807, 2.05) is 0 Å². The zero-order valence-electron chi connectivity index (χ0n) is 25.5. The van der Waals surface area contributed by atoms with Crippen molar-refractivity contribution in [1.29, 1.82) is 0 Å². The molecule has 4 heteroatoms. The number of carbonyl (C=O) groups is 2. The maximum absolute atomic E-state index is 12.2. The lowest BCUT2D eigenvalue weighted by molar-refractivity contribution is -0.149. The molecule has 224 valence electrons. The minimum Gasteiger partial charge on any atom is -0.481 e. The lowest BCUT2D eigenvalue weighted by Crippen LogP contribution is -2.17. The molecule has 1 N–H and O–H groups in total. The zero-order valence-corrected chi connectivity index (χ0v) is 25.5. The van der Waals surface area contributed by atoms with Gasteiger partial charge in [0.2, 0.25) is 0 Å². The standard InChI is InChI=1S/C34H64O4/c1-3-5-6-7-8-9-10-11-12-16-19-22-25-28-31-34(37)38-32(4-2)29-26-23-20-17-14-13-15-18-21-24-27-30-33(35)36/h9-10,32H,3-8,11-31H2,1-2H3,(H,35,36)/b10-9-. The number of unbranched alkanes of at least 4 members (excludes halogenated alkanes) is 20. The van der Waals surface area contributed by atoms with Crippen LogP contribution in [0.2, 0.25) is 0 Å². The second-order valence-corrected chi connectivity index (χ2v) is 11.3. The minimum absolute atomic E-state index is 0.00360. The van der Waals surface area contributed by atoms with Crippen LogP contribution < -0.4 is 0 Å². The highest BCUT2D eigenvalue weighted by atomic mass is 16.5. The van der Waals surface area contributed by atoms with Crippen LogP contribution in [-0.2, 0) is 14.3 Å². The topological polar surface area (TPSA) is 63.6 Å². The summed E-state index contributed by atoms with van der Waals surface area (Å²) in [4.78, 5) is 22.7. The van der Waals surface area contributed by atoms with Crippen LogP contribution >= 0.6 is 0 Å². The number of hydrogen-bond acceptors (Lipinski definition) is 3. The Morgan fingerprint density at radius 1 is 0.579 bits per heavy atom. The quantitative estimate of drug-likeness (QED) is 0.0563. The molecule has 38 heavy (non-hydrogen) atoms. The summed E-state index contributed by atoms with van der Waals surface area (Å²) in [7, 11) is 0. The Kier molecular flexibility index (Phi) is 29.2. The van der Waals surface area contributed by atoms with Gasteiger partial charge in [-0.05, 0) is 57.8 Å². The van der Waals surface area contributed by atoms with E-state index >= 15 is 0 Å². The third kappa shape index (κ3) is 29.2. The summed E-state index contributed by atoms with van der Waals surface area (Å²) >= 11 is 0. The number of carbonyl (C=O) groups excluding carboxylic acids is 1. The first-order valence-electron chi connectivity index (χ1n) is 16.7. The first-order valence-corrected chi connectivity index (χ1v) is 16.7. The monoisotopic (exact) mass is 536 g/mol. The summed E-state index contributed by atoms with van der Waals surface area (Å²) in [6.45, 7) is 4.39. The van der Waals surface area contributed by atoms with E-state index in [4.69, 9.17) is 9.84 Å². The molecular weight excluding hydrogens is 472 g/mol. The van der Waals surface area contributed by atoms with Gasteiger partial charge in [0.1, 0.15) is 6.10 Å². The van der Waals surface area contributed by atoms with Crippen LogP contribution in [0.5, 0.6) is 0 Å². The van der Waals surface area contributed by atoms with Crippen molar-refractivity contribution in [2.45, 2.75) is 193 Å². The first kappa shape index (κ1) is 36.7. The van der Waals surface area contributed by atoms with E-state index < -0.39 is 5.97 Å². The Hall–Kier alpha value is -1.32. The molecule has 0 radical (unpaired) electrons. The average molecular weight is 537 g/mol. The molecule has 0 amide bonds. The van der Waals surface area contributed by atoms with E-state index in [0.717, 1.165) is 44.9 Å². The molecule has 0 aromatic carbocycles. The van der Waals surface area contributed by atoms with Gasteiger partial charge in [0.05, 0.1) is 0 Å². The Balaban J connectivity index is 3.45. The van der Waals surface area contributed by atoms with Crippen LogP contribution in [0.1, 0.15) is 187 Å². The lowest BCUT2D eigenvalue weighted by atomic mass is 10.0. The van der Waals surface area contributed by atoms with E-state index in [-0.39, 0.29) is 12.1 Å². The van der Waals surface area contributed by atoms with Gasteiger partial charge < -0.3 is 9.84 Å². The Morgan fingerprint density at radius 2 is 1.00 bits per heavy atom. The van der Waals surface area contributed by atoms with Crippen LogP contribution in [0.4, 0.5) is 0 Å². The number of aliphatic carboxylic acids is 1. The van der Waals surface area contributed by atoms with E-state index in [1.165, 1.54) is 116 Å². The molecule has 0 saturated carbocycles. The van der Waals surface area contributed by atoms with Crippen molar-refractivity contribution in [3.8, 4) is 0 Å². The second-order valence-electron chi connectivity index (χ2n) is 11.3. The molecule has 0 spiro atoms. The fourth-order valence-corrected chi connectivity index (χ4v) is 4.99. The number of carboxylic acids is 1. The maximum atomic E-state index is 12.2. The fraction of sp³-hybridized carbons (Fsp3) is 0.882. The molecule has 4 nitrogen and oxygen atoms in total. The SMILES string of the molecule is CCCCCC/C=C\CCCCCCCCC(=O)OC(CC)CCCCCCCCCCCCCC(=O)O. The molecule has 0 bridgehead atoms. The fourth-order valence-electron chi connectivity index (χ4n) is 4.99. The number of esters is 1. The van der Waals surface area contributed by atoms with E-state index in [9.17, 15) is 9.59 Å². The molecular formula is C34H64O4. The first-order chi connectivity index (χ1) is 18.6. The minimum atomic E-state index is -0.674. The summed E-state index contributed by atoms with van der Waals surface area (Å²) in [6, 6.07) is 0. The molecule has 0 aromatic heterocycles. The third-order valence-electron chi connectivity index (χ3n) is 7.56. The van der Waals surface area contributed by atoms with Crippen LogP contribution in [0.15, 0.2) is 12.2 Å². The van der Waals surface area contributed by atoms with Gasteiger partial charge in [-0.2, -0.15) is 0 Å². The van der Waals surface area contributed by atoms with E-state index in [1.54, 1.807) is 0 Å². The highest BCUT2D eigenvalue weighted by Gasteiger charge is 2.12. The van der Waals surface area contributed by atoms with Gasteiger partial charge in [-0.25, -0.2) is 0 Å². The predicted octanol–water partition coefficient (Wildman–Crippen LogP) is 11.1. The number of hydrogen-bond donors (Lipinski definition) is 1. The third-order valence-corrected chi connectivity index (χ3v) is 7.56. The highest BCUT2D eigenvalue weighted by Crippen LogP contribution is 2.16. The van der Waals surface area contributed by atoms with Crippen molar-refractivity contribution in [3.05, 3.63) is 12.2 Å². The van der Waals surface area contributed by atoms with Crippen molar-refractivity contribution in [2.75, 3.05) is 0 Å². The lowest BCUT2D eigenvalue weighted by Gasteiger charge is -2.16.